The molecule has 1 aromatic rings. The van der Waals surface area contributed by atoms with Crippen molar-refractivity contribution in [2.24, 2.45) is 7.05 Å². The lowest BCUT2D eigenvalue weighted by molar-refractivity contribution is -0.118. The van der Waals surface area contributed by atoms with Crippen LogP contribution >= 0.6 is 0 Å². The first-order valence-electron chi connectivity index (χ1n) is 7.08. The average Bonchev–Trinajstić information content (AvgIpc) is 2.74. The van der Waals surface area contributed by atoms with Gasteiger partial charge in [0.2, 0.25) is 0 Å². The SMILES string of the molecule is CCCCCCCCCC(=O)Cc1ncnn1C. The van der Waals surface area contributed by atoms with Crippen LogP contribution in [0.25, 0.3) is 0 Å². The summed E-state index contributed by atoms with van der Waals surface area (Å²) in [5, 5.41) is 3.96. The van der Waals surface area contributed by atoms with Crippen molar-refractivity contribution in [1.29, 1.82) is 0 Å². The Bertz CT molecular complexity index is 347. The molecule has 0 aliphatic rings. The molecule has 1 heterocycles. The van der Waals surface area contributed by atoms with Gasteiger partial charge in [-0.3, -0.25) is 9.48 Å². The summed E-state index contributed by atoms with van der Waals surface area (Å²) in [6, 6.07) is 0. The van der Waals surface area contributed by atoms with E-state index in [0.29, 0.717) is 12.8 Å². The average molecular weight is 251 g/mol. The Morgan fingerprint density at radius 2 is 1.83 bits per heavy atom. The third-order valence-corrected chi connectivity index (χ3v) is 3.22. The predicted molar refractivity (Wildman–Crippen MR) is 72.3 cm³/mol. The first kappa shape index (κ1) is 14.9. The summed E-state index contributed by atoms with van der Waals surface area (Å²) in [7, 11) is 1.82. The summed E-state index contributed by atoms with van der Waals surface area (Å²) in [4.78, 5) is 15.8. The van der Waals surface area contributed by atoms with Crippen molar-refractivity contribution >= 4 is 5.78 Å². The number of aromatic nitrogens is 3. The fraction of sp³-hybridized carbons (Fsp3) is 0.786. The van der Waals surface area contributed by atoms with Crippen LogP contribution < -0.4 is 0 Å². The van der Waals surface area contributed by atoms with Crippen LogP contribution in [0.5, 0.6) is 0 Å². The number of hydrogen-bond acceptors (Lipinski definition) is 3. The first-order chi connectivity index (χ1) is 8.74. The molecule has 0 aliphatic carbocycles. The van der Waals surface area contributed by atoms with Gasteiger partial charge in [0.05, 0.1) is 6.42 Å². The highest BCUT2D eigenvalue weighted by Crippen LogP contribution is 2.09. The number of nitrogens with zero attached hydrogens (tertiary/aromatic N) is 3. The van der Waals surface area contributed by atoms with Gasteiger partial charge < -0.3 is 0 Å². The molecule has 0 aliphatic heterocycles. The van der Waals surface area contributed by atoms with E-state index < -0.39 is 0 Å². The van der Waals surface area contributed by atoms with Gasteiger partial charge in [-0.2, -0.15) is 5.10 Å². The molecule has 0 radical (unpaired) electrons. The topological polar surface area (TPSA) is 47.8 Å². The molecule has 0 bridgehead atoms. The van der Waals surface area contributed by atoms with Gasteiger partial charge in [-0.1, -0.05) is 45.4 Å². The van der Waals surface area contributed by atoms with E-state index in [4.69, 9.17) is 0 Å². The highest BCUT2D eigenvalue weighted by Gasteiger charge is 2.07. The number of aryl methyl sites for hydroxylation is 1. The van der Waals surface area contributed by atoms with Crippen molar-refractivity contribution in [3.63, 3.8) is 0 Å². The lowest BCUT2D eigenvalue weighted by Gasteiger charge is -2.02. The van der Waals surface area contributed by atoms with Crippen LogP contribution in [0.3, 0.4) is 0 Å². The fourth-order valence-electron chi connectivity index (χ4n) is 2.02. The molecule has 0 N–H and O–H groups in total. The van der Waals surface area contributed by atoms with Crippen molar-refractivity contribution in [2.75, 3.05) is 0 Å². The molecule has 1 rings (SSSR count). The molecule has 0 atom stereocenters. The zero-order valence-electron chi connectivity index (χ0n) is 11.7. The summed E-state index contributed by atoms with van der Waals surface area (Å²) in [5.74, 6) is 1.04. The second-order valence-corrected chi connectivity index (χ2v) is 4.89. The molecule has 0 saturated carbocycles. The molecule has 1 aromatic heterocycles. The van der Waals surface area contributed by atoms with E-state index in [9.17, 15) is 4.79 Å². The minimum absolute atomic E-state index is 0.277. The second-order valence-electron chi connectivity index (χ2n) is 4.89. The Labute approximate surface area is 110 Å². The predicted octanol–water partition coefficient (Wildman–Crippen LogP) is 3.07. The van der Waals surface area contributed by atoms with Crippen LogP contribution in [-0.2, 0) is 18.3 Å². The number of carbonyl (C=O) groups excluding carboxylic acids is 1. The van der Waals surface area contributed by atoms with Gasteiger partial charge in [-0.15, -0.1) is 0 Å². The number of carbonyl (C=O) groups is 1. The van der Waals surface area contributed by atoms with E-state index in [1.165, 1.54) is 44.9 Å². The molecule has 102 valence electrons. The Hall–Kier alpha value is -1.19. The normalized spacial score (nSPS) is 10.8. The molecule has 0 aromatic carbocycles. The summed E-state index contributed by atoms with van der Waals surface area (Å²) < 4.78 is 1.67. The molecule has 0 unspecified atom stereocenters. The second kappa shape index (κ2) is 8.84. The highest BCUT2D eigenvalue weighted by molar-refractivity contribution is 5.80. The Morgan fingerprint density at radius 3 is 2.44 bits per heavy atom. The van der Waals surface area contributed by atoms with Gasteiger partial charge in [0.15, 0.2) is 0 Å². The standard InChI is InChI=1S/C14H25N3O/c1-3-4-5-6-7-8-9-10-13(18)11-14-15-12-16-17(14)2/h12H,3-11H2,1-2H3. The monoisotopic (exact) mass is 251 g/mol. The molecular formula is C14H25N3O. The summed E-state index contributed by atoms with van der Waals surface area (Å²) in [6.07, 6.45) is 11.3. The zero-order chi connectivity index (χ0) is 13.2. The summed E-state index contributed by atoms with van der Waals surface area (Å²) >= 11 is 0. The Kier molecular flexibility index (Phi) is 7.30. The molecule has 0 spiro atoms. The van der Waals surface area contributed by atoms with Crippen LogP contribution in [0.2, 0.25) is 0 Å². The largest absolute Gasteiger partial charge is 0.299 e. The highest BCUT2D eigenvalue weighted by atomic mass is 16.1. The van der Waals surface area contributed by atoms with Crippen molar-refractivity contribution in [2.45, 2.75) is 64.7 Å². The van der Waals surface area contributed by atoms with Crippen molar-refractivity contribution in [3.05, 3.63) is 12.2 Å². The molecule has 18 heavy (non-hydrogen) atoms. The quantitative estimate of drug-likeness (QED) is 0.600. The Morgan fingerprint density at radius 1 is 1.17 bits per heavy atom. The Balaban J connectivity index is 2.02. The fourth-order valence-corrected chi connectivity index (χ4v) is 2.02. The molecular weight excluding hydrogens is 226 g/mol. The van der Waals surface area contributed by atoms with Gasteiger partial charge in [-0.05, 0) is 6.42 Å². The molecule has 0 saturated heterocycles. The van der Waals surface area contributed by atoms with Gasteiger partial charge in [-0.25, -0.2) is 4.98 Å². The minimum atomic E-state index is 0.277. The third kappa shape index (κ3) is 5.94. The van der Waals surface area contributed by atoms with E-state index in [1.54, 1.807) is 4.68 Å². The van der Waals surface area contributed by atoms with Crippen molar-refractivity contribution in [1.82, 2.24) is 14.8 Å². The van der Waals surface area contributed by atoms with Crippen molar-refractivity contribution < 1.29 is 4.79 Å². The third-order valence-electron chi connectivity index (χ3n) is 3.22. The first-order valence-corrected chi connectivity index (χ1v) is 7.08. The molecule has 4 nitrogen and oxygen atoms in total. The zero-order valence-corrected chi connectivity index (χ0v) is 11.7. The van der Waals surface area contributed by atoms with Crippen LogP contribution in [0.15, 0.2) is 6.33 Å². The van der Waals surface area contributed by atoms with Gasteiger partial charge in [0.1, 0.15) is 17.9 Å². The van der Waals surface area contributed by atoms with E-state index in [0.717, 1.165) is 12.2 Å². The number of hydrogen-bond donors (Lipinski definition) is 0. The molecule has 4 heteroatoms. The van der Waals surface area contributed by atoms with Gasteiger partial charge >= 0.3 is 0 Å². The van der Waals surface area contributed by atoms with E-state index >= 15 is 0 Å². The number of unbranched alkanes of at least 4 members (excludes halogenated alkanes) is 6. The maximum Gasteiger partial charge on any atom is 0.140 e. The van der Waals surface area contributed by atoms with Gasteiger partial charge in [0.25, 0.3) is 0 Å². The smallest absolute Gasteiger partial charge is 0.140 e. The van der Waals surface area contributed by atoms with Crippen LogP contribution in [0, 0.1) is 0 Å². The maximum absolute atomic E-state index is 11.7. The molecule has 0 amide bonds. The lowest BCUT2D eigenvalue weighted by Crippen LogP contribution is -2.08. The summed E-state index contributed by atoms with van der Waals surface area (Å²) in [5.41, 5.74) is 0. The van der Waals surface area contributed by atoms with Crippen LogP contribution in [0.1, 0.15) is 64.1 Å². The van der Waals surface area contributed by atoms with Crippen LogP contribution in [-0.4, -0.2) is 20.5 Å². The number of ketones is 1. The van der Waals surface area contributed by atoms with Crippen LogP contribution in [0.4, 0.5) is 0 Å². The van der Waals surface area contributed by atoms with E-state index in [2.05, 4.69) is 17.0 Å². The van der Waals surface area contributed by atoms with Gasteiger partial charge in [0, 0.05) is 13.5 Å². The number of Topliss-reactive ketones (excluding diaryl/α,β-unsaturated/α-hetero) is 1. The molecule has 0 fully saturated rings. The lowest BCUT2D eigenvalue weighted by atomic mass is 10.1. The number of rotatable bonds is 10. The minimum Gasteiger partial charge on any atom is -0.299 e. The van der Waals surface area contributed by atoms with E-state index in [1.807, 2.05) is 7.05 Å². The van der Waals surface area contributed by atoms with E-state index in [-0.39, 0.29) is 5.78 Å². The summed E-state index contributed by atoms with van der Waals surface area (Å²) in [6.45, 7) is 2.23. The van der Waals surface area contributed by atoms with Crippen molar-refractivity contribution in [3.8, 4) is 0 Å². The maximum atomic E-state index is 11.7.